The lowest BCUT2D eigenvalue weighted by molar-refractivity contribution is 0.410. The van der Waals surface area contributed by atoms with Gasteiger partial charge in [0.15, 0.2) is 0 Å². The highest BCUT2D eigenvalue weighted by Gasteiger charge is 2.06. The van der Waals surface area contributed by atoms with Gasteiger partial charge >= 0.3 is 0 Å². The minimum atomic E-state index is 0.446. The van der Waals surface area contributed by atoms with Gasteiger partial charge in [-0.2, -0.15) is 0 Å². The van der Waals surface area contributed by atoms with Gasteiger partial charge in [-0.05, 0) is 23.6 Å². The van der Waals surface area contributed by atoms with Crippen LogP contribution in [0, 0.1) is 0 Å². The average Bonchev–Trinajstić information content (AvgIpc) is 2.28. The largest absolute Gasteiger partial charge is 0.496 e. The third kappa shape index (κ3) is 1.59. The van der Waals surface area contributed by atoms with Crippen molar-refractivity contribution in [1.82, 2.24) is 4.98 Å². The highest BCUT2D eigenvalue weighted by Crippen LogP contribution is 2.27. The second kappa shape index (κ2) is 3.74. The summed E-state index contributed by atoms with van der Waals surface area (Å²) in [4.78, 5) is 4.03. The predicted molar refractivity (Wildman–Crippen MR) is 60.6 cm³/mol. The van der Waals surface area contributed by atoms with Crippen molar-refractivity contribution in [2.75, 3.05) is 12.8 Å². The molecule has 0 fully saturated rings. The van der Waals surface area contributed by atoms with Crippen molar-refractivity contribution in [1.29, 1.82) is 0 Å². The van der Waals surface area contributed by atoms with Crippen LogP contribution in [0.3, 0.4) is 0 Å². The van der Waals surface area contributed by atoms with Crippen LogP contribution in [0.25, 0.3) is 10.8 Å². The lowest BCUT2D eigenvalue weighted by Gasteiger charge is -2.09. The number of nitrogens with two attached hydrogens (primary N) is 2. The van der Waals surface area contributed by atoms with E-state index in [2.05, 4.69) is 4.98 Å². The molecule has 4 N–H and O–H groups in total. The summed E-state index contributed by atoms with van der Waals surface area (Å²) < 4.78 is 5.24. The van der Waals surface area contributed by atoms with Gasteiger partial charge in [0.1, 0.15) is 11.6 Å². The predicted octanol–water partition coefficient (Wildman–Crippen LogP) is 1.28. The standard InChI is InChI=1S/C11H13N3O/c1-15-10-5-9-7(4-8(10)6-12)2-3-14-11(9)13/h2-5H,6,12H2,1H3,(H2,13,14). The molecule has 0 aliphatic heterocycles. The molecule has 0 saturated heterocycles. The Kier molecular flexibility index (Phi) is 2.43. The number of methoxy groups -OCH3 is 1. The van der Waals surface area contributed by atoms with Crippen LogP contribution in [-0.2, 0) is 6.54 Å². The van der Waals surface area contributed by atoms with E-state index in [9.17, 15) is 0 Å². The molecule has 0 saturated carbocycles. The molecule has 0 atom stereocenters. The van der Waals surface area contributed by atoms with Crippen LogP contribution in [0.1, 0.15) is 5.56 Å². The fourth-order valence-corrected chi connectivity index (χ4v) is 1.62. The van der Waals surface area contributed by atoms with Gasteiger partial charge in [0.05, 0.1) is 7.11 Å². The topological polar surface area (TPSA) is 74.2 Å². The number of hydrogen-bond acceptors (Lipinski definition) is 4. The monoisotopic (exact) mass is 203 g/mol. The molecule has 0 amide bonds. The van der Waals surface area contributed by atoms with Crippen molar-refractivity contribution >= 4 is 16.6 Å². The minimum Gasteiger partial charge on any atom is -0.496 e. The first kappa shape index (κ1) is 9.73. The zero-order valence-corrected chi connectivity index (χ0v) is 8.53. The Morgan fingerprint density at radius 1 is 1.40 bits per heavy atom. The van der Waals surface area contributed by atoms with E-state index in [4.69, 9.17) is 16.2 Å². The molecule has 78 valence electrons. The number of nitrogen functional groups attached to an aromatic ring is 1. The normalized spacial score (nSPS) is 10.5. The van der Waals surface area contributed by atoms with E-state index in [-0.39, 0.29) is 0 Å². The van der Waals surface area contributed by atoms with E-state index in [1.54, 1.807) is 13.3 Å². The van der Waals surface area contributed by atoms with Crippen LogP contribution in [-0.4, -0.2) is 12.1 Å². The van der Waals surface area contributed by atoms with Crippen molar-refractivity contribution in [3.8, 4) is 5.75 Å². The molecule has 0 radical (unpaired) electrons. The Hall–Kier alpha value is -1.81. The minimum absolute atomic E-state index is 0.446. The number of anilines is 1. The van der Waals surface area contributed by atoms with Gasteiger partial charge < -0.3 is 16.2 Å². The van der Waals surface area contributed by atoms with Gasteiger partial charge in [0.25, 0.3) is 0 Å². The Bertz CT molecular complexity index is 496. The van der Waals surface area contributed by atoms with Crippen LogP contribution in [0.15, 0.2) is 24.4 Å². The van der Waals surface area contributed by atoms with Crippen LogP contribution in [0.4, 0.5) is 5.82 Å². The molecule has 1 heterocycles. The van der Waals surface area contributed by atoms with E-state index in [1.165, 1.54) is 0 Å². The van der Waals surface area contributed by atoms with E-state index < -0.39 is 0 Å². The summed E-state index contributed by atoms with van der Waals surface area (Å²) in [5.74, 6) is 1.26. The molecule has 0 unspecified atom stereocenters. The second-order valence-electron chi connectivity index (χ2n) is 3.29. The Morgan fingerprint density at radius 2 is 2.20 bits per heavy atom. The number of ether oxygens (including phenoxy) is 1. The Labute approximate surface area is 87.9 Å². The molecule has 2 rings (SSSR count). The smallest absolute Gasteiger partial charge is 0.131 e. The number of benzene rings is 1. The quantitative estimate of drug-likeness (QED) is 0.771. The number of nitrogens with zero attached hydrogens (tertiary/aromatic N) is 1. The van der Waals surface area contributed by atoms with Gasteiger partial charge in [-0.15, -0.1) is 0 Å². The van der Waals surface area contributed by atoms with Crippen LogP contribution < -0.4 is 16.2 Å². The fraction of sp³-hybridized carbons (Fsp3) is 0.182. The highest BCUT2D eigenvalue weighted by molar-refractivity contribution is 5.92. The Balaban J connectivity index is 2.75. The number of aromatic nitrogens is 1. The molecule has 4 heteroatoms. The summed E-state index contributed by atoms with van der Waals surface area (Å²) in [6, 6.07) is 5.76. The Morgan fingerprint density at radius 3 is 2.87 bits per heavy atom. The molecule has 4 nitrogen and oxygen atoms in total. The van der Waals surface area contributed by atoms with Crippen LogP contribution >= 0.6 is 0 Å². The number of pyridine rings is 1. The van der Waals surface area contributed by atoms with E-state index in [0.29, 0.717) is 12.4 Å². The summed E-state index contributed by atoms with van der Waals surface area (Å²) >= 11 is 0. The molecule has 0 bridgehead atoms. The molecular weight excluding hydrogens is 190 g/mol. The summed E-state index contributed by atoms with van der Waals surface area (Å²) in [6.45, 7) is 0.446. The number of rotatable bonds is 2. The first-order chi connectivity index (χ1) is 7.26. The molecule has 1 aromatic carbocycles. The molecule has 0 aliphatic carbocycles. The SMILES string of the molecule is COc1cc2c(N)nccc2cc1CN. The van der Waals surface area contributed by atoms with Crippen molar-refractivity contribution in [2.45, 2.75) is 6.54 Å². The van der Waals surface area contributed by atoms with Gasteiger partial charge in [-0.3, -0.25) is 0 Å². The van der Waals surface area contributed by atoms with Crippen molar-refractivity contribution in [2.24, 2.45) is 5.73 Å². The maximum absolute atomic E-state index is 5.77. The van der Waals surface area contributed by atoms with Crippen molar-refractivity contribution in [3.63, 3.8) is 0 Å². The third-order valence-corrected chi connectivity index (χ3v) is 2.42. The summed E-state index contributed by atoms with van der Waals surface area (Å²) in [6.07, 6.45) is 1.68. The summed E-state index contributed by atoms with van der Waals surface area (Å²) in [5.41, 5.74) is 12.4. The molecule has 15 heavy (non-hydrogen) atoms. The fourth-order valence-electron chi connectivity index (χ4n) is 1.62. The average molecular weight is 203 g/mol. The third-order valence-electron chi connectivity index (χ3n) is 2.42. The molecule has 2 aromatic rings. The summed E-state index contributed by atoms with van der Waals surface area (Å²) in [5, 5.41) is 1.93. The van der Waals surface area contributed by atoms with E-state index in [0.717, 1.165) is 22.1 Å². The molecule has 0 spiro atoms. The zero-order valence-electron chi connectivity index (χ0n) is 8.53. The van der Waals surface area contributed by atoms with Gasteiger partial charge in [0, 0.05) is 23.7 Å². The maximum Gasteiger partial charge on any atom is 0.131 e. The van der Waals surface area contributed by atoms with Crippen LogP contribution in [0.2, 0.25) is 0 Å². The maximum atomic E-state index is 5.77. The first-order valence-corrected chi connectivity index (χ1v) is 4.67. The van der Waals surface area contributed by atoms with E-state index >= 15 is 0 Å². The molecular formula is C11H13N3O. The van der Waals surface area contributed by atoms with Crippen molar-refractivity contribution in [3.05, 3.63) is 30.0 Å². The molecule has 1 aromatic heterocycles. The van der Waals surface area contributed by atoms with Gasteiger partial charge in [-0.25, -0.2) is 4.98 Å². The van der Waals surface area contributed by atoms with E-state index in [1.807, 2.05) is 18.2 Å². The zero-order chi connectivity index (χ0) is 10.8. The lowest BCUT2D eigenvalue weighted by atomic mass is 10.1. The second-order valence-corrected chi connectivity index (χ2v) is 3.29. The van der Waals surface area contributed by atoms with Crippen LogP contribution in [0.5, 0.6) is 5.75 Å². The lowest BCUT2D eigenvalue weighted by Crippen LogP contribution is -2.00. The van der Waals surface area contributed by atoms with Gasteiger partial charge in [0.2, 0.25) is 0 Å². The highest BCUT2D eigenvalue weighted by atomic mass is 16.5. The van der Waals surface area contributed by atoms with Gasteiger partial charge in [-0.1, -0.05) is 0 Å². The van der Waals surface area contributed by atoms with Crippen molar-refractivity contribution < 1.29 is 4.74 Å². The number of hydrogen-bond donors (Lipinski definition) is 2. The summed E-state index contributed by atoms with van der Waals surface area (Å²) in [7, 11) is 1.62. The first-order valence-electron chi connectivity index (χ1n) is 4.67. The number of fused-ring (bicyclic) bond motifs is 1. The molecule has 0 aliphatic rings.